The predicted molar refractivity (Wildman–Crippen MR) is 132 cm³/mol. The van der Waals surface area contributed by atoms with E-state index in [2.05, 4.69) is 20.4 Å². The number of carbonyl (C=O) groups is 2. The first-order valence-electron chi connectivity index (χ1n) is 11.4. The number of hydrogen-bond donors (Lipinski definition) is 1. The maximum atomic E-state index is 13.2. The van der Waals surface area contributed by atoms with Crippen LogP contribution in [-0.4, -0.2) is 52.7 Å². The molecule has 9 nitrogen and oxygen atoms in total. The van der Waals surface area contributed by atoms with E-state index < -0.39 is 23.7 Å². The van der Waals surface area contributed by atoms with Crippen molar-refractivity contribution in [2.45, 2.75) is 32.0 Å². The molecule has 1 aromatic carbocycles. The molecular formula is C24H25ClF3N7O2. The lowest BCUT2D eigenvalue weighted by Gasteiger charge is -2.18. The molecule has 0 radical (unpaired) electrons. The van der Waals surface area contributed by atoms with Crippen LogP contribution >= 0.6 is 11.6 Å². The summed E-state index contributed by atoms with van der Waals surface area (Å²) in [6, 6.07) is 5.30. The Morgan fingerprint density at radius 2 is 1.86 bits per heavy atom. The Morgan fingerprint density at radius 3 is 2.43 bits per heavy atom. The van der Waals surface area contributed by atoms with Crippen LogP contribution in [0.1, 0.15) is 47.6 Å². The first kappa shape index (κ1) is 26.4. The minimum absolute atomic E-state index is 0.0388. The fourth-order valence-corrected chi connectivity index (χ4v) is 3.85. The maximum Gasteiger partial charge on any atom is 0.416 e. The van der Waals surface area contributed by atoms with Gasteiger partial charge >= 0.3 is 6.18 Å². The Kier molecular flexibility index (Phi) is 7.13. The van der Waals surface area contributed by atoms with Gasteiger partial charge in [-0.15, -0.1) is 5.10 Å². The lowest BCUT2D eigenvalue weighted by Crippen LogP contribution is -2.29. The average molecular weight is 536 g/mol. The first-order valence-corrected chi connectivity index (χ1v) is 11.8. The largest absolute Gasteiger partial charge is 0.416 e. The Morgan fingerprint density at radius 1 is 1.16 bits per heavy atom. The van der Waals surface area contributed by atoms with Crippen LogP contribution < -0.4 is 15.1 Å². The second-order valence-electron chi connectivity index (χ2n) is 9.04. The van der Waals surface area contributed by atoms with Gasteiger partial charge in [0.1, 0.15) is 0 Å². The third kappa shape index (κ3) is 5.85. The highest BCUT2D eigenvalue weighted by molar-refractivity contribution is 6.31. The summed E-state index contributed by atoms with van der Waals surface area (Å²) in [4.78, 5) is 37.3. The molecule has 0 spiro atoms. The average Bonchev–Trinajstić information content (AvgIpc) is 3.59. The number of anilines is 2. The van der Waals surface area contributed by atoms with E-state index >= 15 is 0 Å². The number of pyridine rings is 1. The minimum atomic E-state index is -4.65. The van der Waals surface area contributed by atoms with E-state index in [1.54, 1.807) is 56.2 Å². The topological polar surface area (TPSA) is 96.3 Å². The Hall–Kier alpha value is -3.67. The van der Waals surface area contributed by atoms with Gasteiger partial charge in [0.05, 0.1) is 23.5 Å². The van der Waals surface area contributed by atoms with Crippen LogP contribution in [0.25, 0.3) is 5.82 Å². The van der Waals surface area contributed by atoms with Crippen LogP contribution in [0, 0.1) is 5.92 Å². The molecule has 1 aliphatic carbocycles. The van der Waals surface area contributed by atoms with Crippen molar-refractivity contribution in [1.82, 2.24) is 25.1 Å². The monoisotopic (exact) mass is 535 g/mol. The summed E-state index contributed by atoms with van der Waals surface area (Å²) in [5.41, 5.74) is -0.639. The van der Waals surface area contributed by atoms with Gasteiger partial charge in [-0.1, -0.05) is 11.6 Å². The van der Waals surface area contributed by atoms with Crippen LogP contribution in [0.4, 0.5) is 24.8 Å². The van der Waals surface area contributed by atoms with Crippen LogP contribution in [-0.2, 0) is 11.0 Å². The lowest BCUT2D eigenvalue weighted by molar-refractivity contribution is -0.137. The standard InChI is InChI=1S/C24H25ClF3N7O2/c1-13(30-21(36)15-9-16(24(26,27)28)11-17(25)10-15)20-31-23(33(2)3)32-35(20)19-8-7-18(12-29-19)34(4)22(37)14-5-6-14/h7-14H,5-6H2,1-4H3,(H,30,36)/t13-/m0/s1. The minimum Gasteiger partial charge on any atom is -0.346 e. The molecular weight excluding hydrogens is 511 g/mol. The lowest BCUT2D eigenvalue weighted by atomic mass is 10.1. The Balaban J connectivity index is 1.60. The maximum absolute atomic E-state index is 13.2. The quantitative estimate of drug-likeness (QED) is 0.485. The highest BCUT2D eigenvalue weighted by atomic mass is 35.5. The molecule has 4 rings (SSSR count). The highest BCUT2D eigenvalue weighted by Crippen LogP contribution is 2.33. The molecule has 37 heavy (non-hydrogen) atoms. The molecule has 2 heterocycles. The fraction of sp³-hybridized carbons (Fsp3) is 0.375. The molecule has 0 saturated heterocycles. The molecule has 3 aromatic rings. The molecule has 0 bridgehead atoms. The number of benzene rings is 1. The van der Waals surface area contributed by atoms with Crippen molar-refractivity contribution < 1.29 is 22.8 Å². The van der Waals surface area contributed by atoms with Gasteiger partial charge in [-0.25, -0.2) is 4.98 Å². The molecule has 2 amide bonds. The molecule has 1 atom stereocenters. The van der Waals surface area contributed by atoms with E-state index in [9.17, 15) is 22.8 Å². The number of aromatic nitrogens is 4. The SMILES string of the molecule is C[C@H](NC(=O)c1cc(Cl)cc(C(F)(F)F)c1)c1nc(N(C)C)nn1-c1ccc(N(C)C(=O)C2CC2)cn1. The van der Waals surface area contributed by atoms with Gasteiger partial charge in [-0.2, -0.15) is 22.8 Å². The van der Waals surface area contributed by atoms with Crippen LogP contribution in [0.2, 0.25) is 5.02 Å². The number of hydrogen-bond acceptors (Lipinski definition) is 6. The number of amides is 2. The second kappa shape index (κ2) is 10.0. The van der Waals surface area contributed by atoms with E-state index in [4.69, 9.17) is 11.6 Å². The van der Waals surface area contributed by atoms with E-state index in [0.717, 1.165) is 31.0 Å². The zero-order valence-electron chi connectivity index (χ0n) is 20.5. The van der Waals surface area contributed by atoms with Crippen molar-refractivity contribution >= 4 is 35.1 Å². The van der Waals surface area contributed by atoms with E-state index in [-0.39, 0.29) is 22.4 Å². The molecule has 0 aliphatic heterocycles. The normalized spacial score (nSPS) is 14.3. The molecule has 0 unspecified atom stereocenters. The number of nitrogens with zero attached hydrogens (tertiary/aromatic N) is 6. The molecule has 1 N–H and O–H groups in total. The Labute approximate surface area is 216 Å². The first-order chi connectivity index (χ1) is 17.3. The fourth-order valence-electron chi connectivity index (χ4n) is 3.61. The molecule has 13 heteroatoms. The van der Waals surface area contributed by atoms with E-state index in [0.29, 0.717) is 23.3 Å². The third-order valence-corrected chi connectivity index (χ3v) is 6.06. The van der Waals surface area contributed by atoms with Crippen LogP contribution in [0.15, 0.2) is 36.5 Å². The van der Waals surface area contributed by atoms with E-state index in [1.807, 2.05) is 0 Å². The van der Waals surface area contributed by atoms with Crippen molar-refractivity contribution in [3.05, 3.63) is 58.5 Å². The Bertz CT molecular complexity index is 1320. The van der Waals surface area contributed by atoms with E-state index in [1.165, 1.54) is 4.68 Å². The van der Waals surface area contributed by atoms with Gasteiger partial charge in [0.15, 0.2) is 11.6 Å². The zero-order chi connectivity index (χ0) is 27.1. The van der Waals surface area contributed by atoms with Gasteiger partial charge in [0, 0.05) is 37.6 Å². The summed E-state index contributed by atoms with van der Waals surface area (Å²) in [7, 11) is 5.18. The number of alkyl halides is 3. The van der Waals surface area contributed by atoms with Crippen molar-refractivity contribution in [3.63, 3.8) is 0 Å². The molecule has 1 aliphatic rings. The van der Waals surface area contributed by atoms with Gasteiger partial charge in [0.25, 0.3) is 5.91 Å². The highest BCUT2D eigenvalue weighted by Gasteiger charge is 2.33. The van der Waals surface area contributed by atoms with Crippen LogP contribution in [0.3, 0.4) is 0 Å². The molecule has 1 fully saturated rings. The smallest absolute Gasteiger partial charge is 0.346 e. The second-order valence-corrected chi connectivity index (χ2v) is 9.48. The van der Waals surface area contributed by atoms with Gasteiger partial charge in [-0.05, 0) is 50.1 Å². The number of rotatable bonds is 7. The summed E-state index contributed by atoms with van der Waals surface area (Å²) in [6.45, 7) is 1.63. The summed E-state index contributed by atoms with van der Waals surface area (Å²) >= 11 is 5.83. The predicted octanol–water partition coefficient (Wildman–Crippen LogP) is 4.26. The van der Waals surface area contributed by atoms with Crippen molar-refractivity contribution in [2.75, 3.05) is 30.9 Å². The van der Waals surface area contributed by atoms with Crippen molar-refractivity contribution in [2.24, 2.45) is 5.92 Å². The van der Waals surface area contributed by atoms with Crippen molar-refractivity contribution in [3.8, 4) is 5.82 Å². The number of carbonyl (C=O) groups excluding carboxylic acids is 2. The van der Waals surface area contributed by atoms with Crippen LogP contribution in [0.5, 0.6) is 0 Å². The summed E-state index contributed by atoms with van der Waals surface area (Å²) in [5.74, 6) is 0.366. The summed E-state index contributed by atoms with van der Waals surface area (Å²) < 4.78 is 41.0. The molecule has 2 aromatic heterocycles. The van der Waals surface area contributed by atoms with Gasteiger partial charge in [0.2, 0.25) is 11.9 Å². The summed E-state index contributed by atoms with van der Waals surface area (Å²) in [6.07, 6.45) is -1.33. The van der Waals surface area contributed by atoms with Gasteiger partial charge in [-0.3, -0.25) is 9.59 Å². The number of halogens is 4. The summed E-state index contributed by atoms with van der Waals surface area (Å²) in [5, 5.41) is 6.91. The van der Waals surface area contributed by atoms with Crippen molar-refractivity contribution in [1.29, 1.82) is 0 Å². The van der Waals surface area contributed by atoms with Gasteiger partial charge < -0.3 is 15.1 Å². The zero-order valence-corrected chi connectivity index (χ0v) is 21.3. The number of nitrogens with one attached hydrogen (secondary N) is 1. The molecule has 1 saturated carbocycles. The molecule has 196 valence electrons. The third-order valence-electron chi connectivity index (χ3n) is 5.84.